The summed E-state index contributed by atoms with van der Waals surface area (Å²) in [6.45, 7) is 6.15. The summed E-state index contributed by atoms with van der Waals surface area (Å²) in [4.78, 5) is 37.9. The fraction of sp³-hybridized carbons (Fsp3) is 0.308. The Hall–Kier alpha value is -4.55. The van der Waals surface area contributed by atoms with E-state index in [4.69, 9.17) is 27.9 Å². The topological polar surface area (TPSA) is 137 Å². The minimum atomic E-state index is -1.39. The van der Waals surface area contributed by atoms with Gasteiger partial charge in [-0.1, -0.05) is 74.3 Å². The fourth-order valence-corrected chi connectivity index (χ4v) is 7.53. The number of hydrogen-bond donors (Lipinski definition) is 5. The summed E-state index contributed by atoms with van der Waals surface area (Å²) >= 11 is 12.6. The van der Waals surface area contributed by atoms with Gasteiger partial charge in [-0.15, -0.1) is 0 Å². The van der Waals surface area contributed by atoms with E-state index in [1.54, 1.807) is 30.3 Å². The lowest BCUT2D eigenvalue weighted by Gasteiger charge is -2.43. The number of nitrogens with one attached hydrogen (secondary N) is 3. The summed E-state index contributed by atoms with van der Waals surface area (Å²) in [5.41, 5.74) is -0.701. The zero-order chi connectivity index (χ0) is 38.0. The second-order valence-corrected chi connectivity index (χ2v) is 14.9. The van der Waals surface area contributed by atoms with Gasteiger partial charge in [-0.3, -0.25) is 4.79 Å². The smallest absolute Gasteiger partial charge is 0.335 e. The molecule has 274 valence electrons. The Morgan fingerprint density at radius 2 is 1.62 bits per heavy atom. The first-order chi connectivity index (χ1) is 24.5. The molecule has 0 radical (unpaired) electrons. The number of ether oxygens (including phenoxy) is 1. The Kier molecular flexibility index (Phi) is 11.6. The van der Waals surface area contributed by atoms with Crippen molar-refractivity contribution in [2.24, 2.45) is 5.41 Å². The largest absolute Gasteiger partial charge is 0.495 e. The maximum absolute atomic E-state index is 16.5. The number of methoxy groups -OCH3 is 1. The summed E-state index contributed by atoms with van der Waals surface area (Å²) in [6, 6.07) is 17.2. The van der Waals surface area contributed by atoms with Crippen molar-refractivity contribution >= 4 is 46.7 Å². The van der Waals surface area contributed by atoms with Gasteiger partial charge in [0.2, 0.25) is 5.91 Å². The Morgan fingerprint density at radius 1 is 0.923 bits per heavy atom. The van der Waals surface area contributed by atoms with E-state index in [0.717, 1.165) is 0 Å². The number of amides is 1. The minimum absolute atomic E-state index is 0.00632. The quantitative estimate of drug-likeness (QED) is 0.0985. The van der Waals surface area contributed by atoms with E-state index in [9.17, 15) is 24.6 Å². The lowest BCUT2D eigenvalue weighted by atomic mass is 9.61. The zero-order valence-corrected chi connectivity index (χ0v) is 30.4. The SMILES string of the molecule is COc1cc(C(=O)O)ccc1NC(=O)[C@@H]1N[C@@H](CC(C)(C)C)[C@](CNCc2cccc(C(=O)O)c2)(c2ccc(Cl)cc2F)[C@H]1c1cccc(Cl)c1F. The third-order valence-corrected chi connectivity index (χ3v) is 9.89. The van der Waals surface area contributed by atoms with Crippen molar-refractivity contribution in [2.45, 2.75) is 57.2 Å². The van der Waals surface area contributed by atoms with Crippen LogP contribution >= 0.6 is 23.2 Å². The molecule has 0 aromatic heterocycles. The van der Waals surface area contributed by atoms with Crippen molar-refractivity contribution in [1.29, 1.82) is 0 Å². The van der Waals surface area contributed by atoms with Crippen LogP contribution in [-0.2, 0) is 16.8 Å². The van der Waals surface area contributed by atoms with Crippen molar-refractivity contribution in [2.75, 3.05) is 19.0 Å². The molecule has 52 heavy (non-hydrogen) atoms. The Morgan fingerprint density at radius 3 is 2.27 bits per heavy atom. The van der Waals surface area contributed by atoms with E-state index in [1.165, 1.54) is 55.6 Å². The van der Waals surface area contributed by atoms with Gasteiger partial charge in [0, 0.05) is 35.5 Å². The number of carboxylic acid groups (broad SMARTS) is 2. The highest BCUT2D eigenvalue weighted by Gasteiger charge is 2.60. The van der Waals surface area contributed by atoms with Gasteiger partial charge in [-0.25, -0.2) is 18.4 Å². The summed E-state index contributed by atoms with van der Waals surface area (Å²) < 4.78 is 38.3. The molecule has 1 amide bonds. The van der Waals surface area contributed by atoms with E-state index in [-0.39, 0.29) is 62.2 Å². The van der Waals surface area contributed by atoms with Gasteiger partial charge in [0.15, 0.2) is 0 Å². The van der Waals surface area contributed by atoms with E-state index in [2.05, 4.69) is 16.0 Å². The number of carbonyl (C=O) groups excluding carboxylic acids is 1. The molecule has 0 saturated carbocycles. The Balaban J connectivity index is 1.71. The molecule has 0 aliphatic carbocycles. The van der Waals surface area contributed by atoms with Crippen LogP contribution in [0.1, 0.15) is 70.5 Å². The molecule has 4 aromatic carbocycles. The van der Waals surface area contributed by atoms with Gasteiger partial charge in [0.05, 0.1) is 35.0 Å². The summed E-state index contributed by atoms with van der Waals surface area (Å²) in [6.07, 6.45) is 0.393. The van der Waals surface area contributed by atoms with Crippen molar-refractivity contribution in [1.82, 2.24) is 10.6 Å². The second kappa shape index (κ2) is 15.6. The first kappa shape index (κ1) is 38.7. The van der Waals surface area contributed by atoms with Crippen LogP contribution in [0.15, 0.2) is 78.9 Å². The van der Waals surface area contributed by atoms with Crippen LogP contribution in [0.3, 0.4) is 0 Å². The highest BCUT2D eigenvalue weighted by atomic mass is 35.5. The van der Waals surface area contributed by atoms with Gasteiger partial charge in [-0.2, -0.15) is 0 Å². The standard InChI is InChI=1S/C39H39Cl2F2N3O6/c1-38(2,3)18-31-39(26-13-12-24(40)17-28(26)42,20-44-19-21-7-5-8-22(15-21)36(48)49)32(25-9-6-10-27(41)33(25)43)34(46-31)35(47)45-29-14-11-23(37(50)51)16-30(29)52-4/h5-17,31-32,34,44,46H,18-20H2,1-4H3,(H,45,47)(H,48,49)(H,50,51)/t31-,32-,34+,39-/m0/s1. The van der Waals surface area contributed by atoms with Gasteiger partial charge < -0.3 is 30.9 Å². The van der Waals surface area contributed by atoms with Gasteiger partial charge >= 0.3 is 11.9 Å². The molecule has 0 unspecified atom stereocenters. The average molecular weight is 755 g/mol. The molecule has 4 aromatic rings. The van der Waals surface area contributed by atoms with Crippen molar-refractivity contribution in [3.63, 3.8) is 0 Å². The number of anilines is 1. The monoisotopic (exact) mass is 753 g/mol. The van der Waals surface area contributed by atoms with Crippen LogP contribution in [0, 0.1) is 17.0 Å². The Labute approximate surface area is 310 Å². The molecule has 13 heteroatoms. The van der Waals surface area contributed by atoms with E-state index in [1.807, 2.05) is 20.8 Å². The molecule has 1 saturated heterocycles. The van der Waals surface area contributed by atoms with Crippen LogP contribution in [0.4, 0.5) is 14.5 Å². The van der Waals surface area contributed by atoms with Gasteiger partial charge in [0.25, 0.3) is 0 Å². The number of halogens is 4. The second-order valence-electron chi connectivity index (χ2n) is 14.1. The first-order valence-electron chi connectivity index (χ1n) is 16.5. The maximum Gasteiger partial charge on any atom is 0.335 e. The molecule has 0 bridgehead atoms. The van der Waals surface area contributed by atoms with Crippen LogP contribution in [0.25, 0.3) is 0 Å². The van der Waals surface area contributed by atoms with E-state index < -0.39 is 52.9 Å². The zero-order valence-electron chi connectivity index (χ0n) is 28.9. The summed E-state index contributed by atoms with van der Waals surface area (Å²) in [5.74, 6) is -5.35. The van der Waals surface area contributed by atoms with Crippen LogP contribution in [-0.4, -0.2) is 53.8 Å². The maximum atomic E-state index is 16.5. The molecular weight excluding hydrogens is 715 g/mol. The van der Waals surface area contributed by atoms with Crippen molar-refractivity contribution in [3.8, 4) is 5.75 Å². The minimum Gasteiger partial charge on any atom is -0.495 e. The number of benzene rings is 4. The normalized spacial score (nSPS) is 20.0. The van der Waals surface area contributed by atoms with Crippen LogP contribution in [0.5, 0.6) is 5.75 Å². The number of rotatable bonds is 12. The number of carboxylic acids is 2. The molecule has 9 nitrogen and oxygen atoms in total. The molecule has 5 rings (SSSR count). The number of carbonyl (C=O) groups is 3. The molecule has 1 fully saturated rings. The van der Waals surface area contributed by atoms with E-state index in [0.29, 0.717) is 12.0 Å². The number of aromatic carboxylic acids is 2. The third kappa shape index (κ3) is 8.08. The predicted molar refractivity (Wildman–Crippen MR) is 196 cm³/mol. The van der Waals surface area contributed by atoms with Crippen molar-refractivity contribution in [3.05, 3.63) is 128 Å². The summed E-state index contributed by atoms with van der Waals surface area (Å²) in [5, 5.41) is 28.7. The first-order valence-corrected chi connectivity index (χ1v) is 17.2. The molecular formula is C39H39Cl2F2N3O6. The van der Waals surface area contributed by atoms with Gasteiger partial charge in [-0.05, 0) is 77.1 Å². The van der Waals surface area contributed by atoms with Crippen molar-refractivity contribution < 1.29 is 38.1 Å². The van der Waals surface area contributed by atoms with Gasteiger partial charge in [0.1, 0.15) is 17.4 Å². The Bertz CT molecular complexity index is 2010. The summed E-state index contributed by atoms with van der Waals surface area (Å²) in [7, 11) is 1.33. The molecule has 4 atom stereocenters. The average Bonchev–Trinajstić information content (AvgIpc) is 3.38. The molecule has 0 spiro atoms. The molecule has 1 aliphatic heterocycles. The fourth-order valence-electron chi connectivity index (χ4n) is 7.19. The number of hydrogen-bond acceptors (Lipinski definition) is 6. The molecule has 1 aliphatic rings. The third-order valence-electron chi connectivity index (χ3n) is 9.37. The van der Waals surface area contributed by atoms with Crippen LogP contribution in [0.2, 0.25) is 10.0 Å². The molecule has 1 heterocycles. The van der Waals surface area contributed by atoms with E-state index >= 15 is 8.78 Å². The predicted octanol–water partition coefficient (Wildman–Crippen LogP) is 7.90. The highest BCUT2D eigenvalue weighted by Crippen LogP contribution is 2.53. The van der Waals surface area contributed by atoms with Crippen LogP contribution < -0.4 is 20.7 Å². The lowest BCUT2D eigenvalue weighted by Crippen LogP contribution is -2.51. The lowest BCUT2D eigenvalue weighted by molar-refractivity contribution is -0.118. The molecule has 5 N–H and O–H groups in total. The highest BCUT2D eigenvalue weighted by molar-refractivity contribution is 6.31.